The lowest BCUT2D eigenvalue weighted by Crippen LogP contribution is -2.35. The molecular weight excluding hydrogens is 268 g/mol. The molecule has 0 saturated carbocycles. The molecular formula is C21H24O. The summed E-state index contributed by atoms with van der Waals surface area (Å²) in [7, 11) is 0. The quantitative estimate of drug-likeness (QED) is 0.459. The molecule has 22 heavy (non-hydrogen) atoms. The van der Waals surface area contributed by atoms with Crippen LogP contribution < -0.4 is 4.74 Å². The van der Waals surface area contributed by atoms with Gasteiger partial charge in [0.25, 0.3) is 0 Å². The van der Waals surface area contributed by atoms with Crippen LogP contribution in [0.3, 0.4) is 0 Å². The summed E-state index contributed by atoms with van der Waals surface area (Å²) in [5.41, 5.74) is 0.986. The van der Waals surface area contributed by atoms with Crippen LogP contribution >= 0.6 is 0 Å². The predicted molar refractivity (Wildman–Crippen MR) is 95.3 cm³/mol. The Morgan fingerprint density at radius 1 is 1.14 bits per heavy atom. The van der Waals surface area contributed by atoms with Gasteiger partial charge in [-0.3, -0.25) is 0 Å². The zero-order valence-electron chi connectivity index (χ0n) is 13.3. The first-order valence-electron chi connectivity index (χ1n) is 8.29. The Hall–Kier alpha value is -2.02. The molecule has 1 heterocycles. The molecule has 1 unspecified atom stereocenters. The largest absolute Gasteiger partial charge is 0.482 e. The van der Waals surface area contributed by atoms with Crippen molar-refractivity contribution in [2.45, 2.75) is 44.6 Å². The van der Waals surface area contributed by atoms with Crippen molar-refractivity contribution < 1.29 is 4.74 Å². The van der Waals surface area contributed by atoms with Gasteiger partial charge in [-0.2, -0.15) is 0 Å². The SMILES string of the molecule is C=CCC1(CCCCC)C=Cc2c(ccc3ccccc23)O1. The molecule has 0 bridgehead atoms. The van der Waals surface area contributed by atoms with Crippen molar-refractivity contribution in [1.82, 2.24) is 0 Å². The molecule has 1 atom stereocenters. The molecule has 3 rings (SSSR count). The van der Waals surface area contributed by atoms with Gasteiger partial charge in [-0.05, 0) is 35.8 Å². The van der Waals surface area contributed by atoms with E-state index in [4.69, 9.17) is 4.74 Å². The average Bonchev–Trinajstić information content (AvgIpc) is 2.55. The van der Waals surface area contributed by atoms with Gasteiger partial charge in [0.05, 0.1) is 0 Å². The third-order valence-electron chi connectivity index (χ3n) is 4.49. The molecule has 1 heteroatoms. The molecule has 0 saturated heterocycles. The molecule has 114 valence electrons. The molecule has 0 amide bonds. The van der Waals surface area contributed by atoms with Crippen LogP contribution in [0, 0.1) is 0 Å². The first-order valence-corrected chi connectivity index (χ1v) is 8.29. The van der Waals surface area contributed by atoms with Crippen LogP contribution in [0.5, 0.6) is 5.75 Å². The summed E-state index contributed by atoms with van der Waals surface area (Å²) in [5, 5.41) is 2.52. The Balaban J connectivity index is 1.95. The first kappa shape index (κ1) is 14.9. The fourth-order valence-corrected chi connectivity index (χ4v) is 3.29. The van der Waals surface area contributed by atoms with Crippen LogP contribution in [0.25, 0.3) is 16.8 Å². The molecule has 1 aliphatic rings. The van der Waals surface area contributed by atoms with Gasteiger partial charge in [-0.25, -0.2) is 0 Å². The van der Waals surface area contributed by atoms with Gasteiger partial charge < -0.3 is 4.74 Å². The Morgan fingerprint density at radius 2 is 2.00 bits per heavy atom. The minimum atomic E-state index is -0.216. The highest BCUT2D eigenvalue weighted by Gasteiger charge is 2.31. The lowest BCUT2D eigenvalue weighted by Gasteiger charge is -2.35. The van der Waals surface area contributed by atoms with Crippen molar-refractivity contribution in [2.75, 3.05) is 0 Å². The third kappa shape index (κ3) is 2.81. The summed E-state index contributed by atoms with van der Waals surface area (Å²) in [6, 6.07) is 12.7. The molecule has 0 aliphatic carbocycles. The van der Waals surface area contributed by atoms with E-state index in [0.717, 1.165) is 18.6 Å². The van der Waals surface area contributed by atoms with Crippen molar-refractivity contribution >= 4 is 16.8 Å². The zero-order chi connectivity index (χ0) is 15.4. The highest BCUT2D eigenvalue weighted by Crippen LogP contribution is 2.39. The van der Waals surface area contributed by atoms with Crippen LogP contribution in [-0.2, 0) is 0 Å². The predicted octanol–water partition coefficient (Wildman–Crippen LogP) is 6.14. The number of rotatable bonds is 6. The zero-order valence-corrected chi connectivity index (χ0v) is 13.3. The highest BCUT2D eigenvalue weighted by molar-refractivity contribution is 5.93. The van der Waals surface area contributed by atoms with Crippen molar-refractivity contribution in [2.24, 2.45) is 0 Å². The number of ether oxygens (including phenoxy) is 1. The van der Waals surface area contributed by atoms with Gasteiger partial charge in [0.1, 0.15) is 11.4 Å². The van der Waals surface area contributed by atoms with E-state index in [1.165, 1.54) is 35.6 Å². The fraction of sp³-hybridized carbons (Fsp3) is 0.333. The van der Waals surface area contributed by atoms with E-state index in [2.05, 4.69) is 62.1 Å². The van der Waals surface area contributed by atoms with E-state index in [1.54, 1.807) is 0 Å². The summed E-state index contributed by atoms with van der Waals surface area (Å²) >= 11 is 0. The standard InChI is InChI=1S/C21H24O/c1-3-5-8-15-21(14-4-2)16-13-19-18-10-7-6-9-17(18)11-12-20(19)22-21/h4,6-7,9-13,16H,2-3,5,8,14-15H2,1H3. The maximum atomic E-state index is 6.46. The maximum absolute atomic E-state index is 6.46. The average molecular weight is 292 g/mol. The molecule has 0 aromatic heterocycles. The minimum absolute atomic E-state index is 0.216. The lowest BCUT2D eigenvalue weighted by molar-refractivity contribution is 0.107. The van der Waals surface area contributed by atoms with Gasteiger partial charge >= 0.3 is 0 Å². The molecule has 0 N–H and O–H groups in total. The van der Waals surface area contributed by atoms with Crippen LogP contribution in [0.2, 0.25) is 0 Å². The number of hydrogen-bond donors (Lipinski definition) is 0. The molecule has 0 spiro atoms. The third-order valence-corrected chi connectivity index (χ3v) is 4.49. The summed E-state index contributed by atoms with van der Waals surface area (Å²) in [4.78, 5) is 0. The Morgan fingerprint density at radius 3 is 2.82 bits per heavy atom. The van der Waals surface area contributed by atoms with E-state index in [1.807, 2.05) is 6.08 Å². The number of benzene rings is 2. The van der Waals surface area contributed by atoms with Crippen LogP contribution in [0.15, 0.2) is 55.1 Å². The number of hydrogen-bond acceptors (Lipinski definition) is 1. The number of unbranched alkanes of at least 4 members (excludes halogenated alkanes) is 2. The summed E-state index contributed by atoms with van der Waals surface area (Å²) < 4.78 is 6.46. The molecule has 2 aromatic rings. The second-order valence-corrected chi connectivity index (χ2v) is 6.15. The smallest absolute Gasteiger partial charge is 0.131 e. The fourth-order valence-electron chi connectivity index (χ4n) is 3.29. The van der Waals surface area contributed by atoms with Crippen LogP contribution in [0.4, 0.5) is 0 Å². The topological polar surface area (TPSA) is 9.23 Å². The normalized spacial score (nSPS) is 19.7. The molecule has 0 fully saturated rings. The van der Waals surface area contributed by atoms with E-state index < -0.39 is 0 Å². The minimum Gasteiger partial charge on any atom is -0.482 e. The van der Waals surface area contributed by atoms with Gasteiger partial charge in [-0.15, -0.1) is 6.58 Å². The second-order valence-electron chi connectivity index (χ2n) is 6.15. The van der Waals surface area contributed by atoms with Crippen molar-refractivity contribution in [3.8, 4) is 5.75 Å². The van der Waals surface area contributed by atoms with Crippen LogP contribution in [-0.4, -0.2) is 5.60 Å². The van der Waals surface area contributed by atoms with Gasteiger partial charge in [0, 0.05) is 12.0 Å². The Bertz CT molecular complexity index is 698. The lowest BCUT2D eigenvalue weighted by atomic mass is 9.88. The van der Waals surface area contributed by atoms with E-state index in [-0.39, 0.29) is 5.60 Å². The summed E-state index contributed by atoms with van der Waals surface area (Å²) in [6.45, 7) is 6.16. The maximum Gasteiger partial charge on any atom is 0.131 e. The summed E-state index contributed by atoms with van der Waals surface area (Å²) in [6.07, 6.45) is 12.1. The molecule has 2 aromatic carbocycles. The first-order chi connectivity index (χ1) is 10.8. The number of fused-ring (bicyclic) bond motifs is 3. The van der Waals surface area contributed by atoms with E-state index in [9.17, 15) is 0 Å². The van der Waals surface area contributed by atoms with Crippen molar-refractivity contribution in [3.63, 3.8) is 0 Å². The molecule has 0 radical (unpaired) electrons. The van der Waals surface area contributed by atoms with Gasteiger partial charge in [-0.1, -0.05) is 62.2 Å². The molecule has 1 nitrogen and oxygen atoms in total. The highest BCUT2D eigenvalue weighted by atomic mass is 16.5. The van der Waals surface area contributed by atoms with Crippen LogP contribution in [0.1, 0.15) is 44.6 Å². The van der Waals surface area contributed by atoms with E-state index in [0.29, 0.717) is 0 Å². The molecule has 1 aliphatic heterocycles. The Kier molecular flexibility index (Phi) is 4.33. The van der Waals surface area contributed by atoms with Crippen molar-refractivity contribution in [3.05, 3.63) is 60.7 Å². The summed E-state index contributed by atoms with van der Waals surface area (Å²) in [5.74, 6) is 1.000. The van der Waals surface area contributed by atoms with Gasteiger partial charge in [0.2, 0.25) is 0 Å². The van der Waals surface area contributed by atoms with Crippen molar-refractivity contribution in [1.29, 1.82) is 0 Å². The van der Waals surface area contributed by atoms with Gasteiger partial charge in [0.15, 0.2) is 0 Å². The van der Waals surface area contributed by atoms with E-state index >= 15 is 0 Å². The monoisotopic (exact) mass is 292 g/mol. The second kappa shape index (κ2) is 6.39. The Labute approximate surface area is 133 Å².